The highest BCUT2D eigenvalue weighted by Gasteiger charge is 2.36. The van der Waals surface area contributed by atoms with Gasteiger partial charge in [-0.2, -0.15) is 0 Å². The van der Waals surface area contributed by atoms with Gasteiger partial charge in [0.1, 0.15) is 0 Å². The van der Waals surface area contributed by atoms with Crippen LogP contribution in [-0.2, 0) is 6.42 Å². The summed E-state index contributed by atoms with van der Waals surface area (Å²) in [5, 5.41) is 0. The van der Waals surface area contributed by atoms with E-state index in [0.717, 1.165) is 5.92 Å². The molecule has 2 heteroatoms. The topological polar surface area (TPSA) is 6.48 Å². The SMILES string of the molecule is CCC(C)(C)N1CCC[C@@H]1c1ccccc1CC1CCN(C)CC1. The molecule has 0 saturated carbocycles. The molecule has 0 bridgehead atoms. The highest BCUT2D eigenvalue weighted by molar-refractivity contribution is 5.31. The molecule has 1 aromatic rings. The summed E-state index contributed by atoms with van der Waals surface area (Å²) >= 11 is 0. The van der Waals surface area contributed by atoms with Crippen LogP contribution in [0.1, 0.15) is 70.0 Å². The second-order valence-corrected chi connectivity index (χ2v) is 8.67. The lowest BCUT2D eigenvalue weighted by molar-refractivity contribution is 0.100. The fourth-order valence-electron chi connectivity index (χ4n) is 4.64. The van der Waals surface area contributed by atoms with Crippen LogP contribution in [0.15, 0.2) is 24.3 Å². The number of benzene rings is 1. The third-order valence-electron chi connectivity index (χ3n) is 6.66. The van der Waals surface area contributed by atoms with Crippen LogP contribution in [0.25, 0.3) is 0 Å². The van der Waals surface area contributed by atoms with E-state index in [1.165, 1.54) is 58.2 Å². The first-order valence-corrected chi connectivity index (χ1v) is 10.0. The van der Waals surface area contributed by atoms with E-state index >= 15 is 0 Å². The van der Waals surface area contributed by atoms with Gasteiger partial charge in [0.25, 0.3) is 0 Å². The molecule has 0 aliphatic carbocycles. The van der Waals surface area contributed by atoms with Gasteiger partial charge in [0.05, 0.1) is 0 Å². The Balaban J connectivity index is 1.78. The van der Waals surface area contributed by atoms with Crippen LogP contribution in [0.2, 0.25) is 0 Å². The van der Waals surface area contributed by atoms with Crippen LogP contribution < -0.4 is 0 Å². The van der Waals surface area contributed by atoms with Crippen molar-refractivity contribution in [3.05, 3.63) is 35.4 Å². The minimum atomic E-state index is 0.307. The van der Waals surface area contributed by atoms with E-state index in [2.05, 4.69) is 61.9 Å². The van der Waals surface area contributed by atoms with Crippen molar-refractivity contribution in [1.82, 2.24) is 9.80 Å². The molecule has 0 radical (unpaired) electrons. The predicted octanol–water partition coefficient (Wildman–Crippen LogP) is 4.90. The van der Waals surface area contributed by atoms with E-state index < -0.39 is 0 Å². The van der Waals surface area contributed by atoms with E-state index in [1.807, 2.05) is 0 Å². The Morgan fingerprint density at radius 3 is 2.46 bits per heavy atom. The first-order valence-electron chi connectivity index (χ1n) is 10.0. The summed E-state index contributed by atoms with van der Waals surface area (Å²) < 4.78 is 0. The maximum Gasteiger partial charge on any atom is 0.0356 e. The molecule has 0 N–H and O–H groups in total. The molecule has 0 amide bonds. The number of piperidine rings is 1. The third kappa shape index (κ3) is 3.86. The lowest BCUT2D eigenvalue weighted by Crippen LogP contribution is -2.43. The number of rotatable bonds is 5. The number of likely N-dealkylation sites (tertiary alicyclic amines) is 2. The Labute approximate surface area is 149 Å². The summed E-state index contributed by atoms with van der Waals surface area (Å²) in [6, 6.07) is 9.95. The number of hydrogen-bond donors (Lipinski definition) is 0. The number of hydrogen-bond acceptors (Lipinski definition) is 2. The van der Waals surface area contributed by atoms with Crippen molar-refractivity contribution in [1.29, 1.82) is 0 Å². The summed E-state index contributed by atoms with van der Waals surface area (Å²) in [6.45, 7) is 11.0. The third-order valence-corrected chi connectivity index (χ3v) is 6.66. The van der Waals surface area contributed by atoms with Crippen molar-refractivity contribution in [3.8, 4) is 0 Å². The molecular formula is C22H36N2. The molecule has 134 valence electrons. The maximum absolute atomic E-state index is 2.78. The van der Waals surface area contributed by atoms with Crippen molar-refractivity contribution in [2.24, 2.45) is 5.92 Å². The van der Waals surface area contributed by atoms with Gasteiger partial charge in [0.15, 0.2) is 0 Å². The van der Waals surface area contributed by atoms with Crippen LogP contribution in [0, 0.1) is 5.92 Å². The zero-order valence-corrected chi connectivity index (χ0v) is 16.2. The lowest BCUT2D eigenvalue weighted by Gasteiger charge is -2.40. The zero-order chi connectivity index (χ0) is 17.2. The maximum atomic E-state index is 2.78. The molecule has 2 nitrogen and oxygen atoms in total. The summed E-state index contributed by atoms with van der Waals surface area (Å²) in [6.07, 6.45) is 7.89. The van der Waals surface area contributed by atoms with E-state index in [-0.39, 0.29) is 0 Å². The molecule has 3 rings (SSSR count). The first-order chi connectivity index (χ1) is 11.5. The average molecular weight is 329 g/mol. The van der Waals surface area contributed by atoms with Gasteiger partial charge in [-0.05, 0) is 96.1 Å². The summed E-state index contributed by atoms with van der Waals surface area (Å²) in [5.41, 5.74) is 3.55. The molecule has 2 heterocycles. The van der Waals surface area contributed by atoms with Gasteiger partial charge < -0.3 is 4.90 Å². The molecule has 0 spiro atoms. The fourth-order valence-corrected chi connectivity index (χ4v) is 4.64. The van der Waals surface area contributed by atoms with Gasteiger partial charge in [-0.1, -0.05) is 31.2 Å². The van der Waals surface area contributed by atoms with Gasteiger partial charge in [-0.3, -0.25) is 4.90 Å². The van der Waals surface area contributed by atoms with Gasteiger partial charge in [-0.15, -0.1) is 0 Å². The van der Waals surface area contributed by atoms with Crippen LogP contribution in [0.3, 0.4) is 0 Å². The normalized spacial score (nSPS) is 24.6. The second kappa shape index (κ2) is 7.58. The molecular weight excluding hydrogens is 292 g/mol. The Kier molecular flexibility index (Phi) is 5.66. The smallest absolute Gasteiger partial charge is 0.0356 e. The molecule has 24 heavy (non-hydrogen) atoms. The monoisotopic (exact) mass is 328 g/mol. The highest BCUT2D eigenvalue weighted by atomic mass is 15.2. The van der Waals surface area contributed by atoms with Gasteiger partial charge in [0, 0.05) is 11.6 Å². The average Bonchev–Trinajstić information content (AvgIpc) is 3.08. The highest BCUT2D eigenvalue weighted by Crippen LogP contribution is 2.40. The van der Waals surface area contributed by atoms with Crippen molar-refractivity contribution < 1.29 is 0 Å². The zero-order valence-electron chi connectivity index (χ0n) is 16.2. The van der Waals surface area contributed by atoms with Gasteiger partial charge in [-0.25, -0.2) is 0 Å². The van der Waals surface area contributed by atoms with Crippen molar-refractivity contribution in [2.45, 2.75) is 70.9 Å². The standard InChI is InChI=1S/C22H36N2/c1-5-22(2,3)24-14-8-11-21(24)20-10-7-6-9-19(20)17-18-12-15-23(4)16-13-18/h6-7,9-10,18,21H,5,8,11-17H2,1-4H3/t21-/m1/s1. The second-order valence-electron chi connectivity index (χ2n) is 8.67. The van der Waals surface area contributed by atoms with Crippen LogP contribution >= 0.6 is 0 Å². The summed E-state index contributed by atoms with van der Waals surface area (Å²) in [4.78, 5) is 5.26. The van der Waals surface area contributed by atoms with Crippen molar-refractivity contribution in [3.63, 3.8) is 0 Å². The summed E-state index contributed by atoms with van der Waals surface area (Å²) in [5.74, 6) is 0.872. The molecule has 2 fully saturated rings. The largest absolute Gasteiger partial charge is 0.306 e. The Morgan fingerprint density at radius 1 is 1.04 bits per heavy atom. The molecule has 1 aromatic carbocycles. The fraction of sp³-hybridized carbons (Fsp3) is 0.727. The molecule has 0 unspecified atom stereocenters. The van der Waals surface area contributed by atoms with E-state index in [0.29, 0.717) is 11.6 Å². The van der Waals surface area contributed by atoms with Crippen molar-refractivity contribution >= 4 is 0 Å². The Bertz CT molecular complexity index is 529. The molecule has 2 aliphatic rings. The minimum Gasteiger partial charge on any atom is -0.306 e. The van der Waals surface area contributed by atoms with Crippen LogP contribution in [-0.4, -0.2) is 42.0 Å². The molecule has 0 aromatic heterocycles. The van der Waals surface area contributed by atoms with Crippen LogP contribution in [0.5, 0.6) is 0 Å². The Morgan fingerprint density at radius 2 is 1.75 bits per heavy atom. The van der Waals surface area contributed by atoms with Crippen molar-refractivity contribution in [2.75, 3.05) is 26.7 Å². The van der Waals surface area contributed by atoms with E-state index in [9.17, 15) is 0 Å². The molecule has 1 atom stereocenters. The lowest BCUT2D eigenvalue weighted by atomic mass is 9.86. The van der Waals surface area contributed by atoms with Gasteiger partial charge >= 0.3 is 0 Å². The first kappa shape index (κ1) is 17.9. The molecule has 2 saturated heterocycles. The summed E-state index contributed by atoms with van der Waals surface area (Å²) in [7, 11) is 2.26. The van der Waals surface area contributed by atoms with Gasteiger partial charge in [0.2, 0.25) is 0 Å². The Hall–Kier alpha value is -0.860. The van der Waals surface area contributed by atoms with E-state index in [1.54, 1.807) is 11.1 Å². The van der Waals surface area contributed by atoms with Crippen LogP contribution in [0.4, 0.5) is 0 Å². The predicted molar refractivity (Wildman–Crippen MR) is 103 cm³/mol. The quantitative estimate of drug-likeness (QED) is 0.759. The number of nitrogens with zero attached hydrogens (tertiary/aromatic N) is 2. The molecule has 2 aliphatic heterocycles. The van der Waals surface area contributed by atoms with E-state index in [4.69, 9.17) is 0 Å². The minimum absolute atomic E-state index is 0.307.